The van der Waals surface area contributed by atoms with Crippen LogP contribution in [-0.2, 0) is 0 Å². The van der Waals surface area contributed by atoms with Gasteiger partial charge in [-0.2, -0.15) is 0 Å². The third-order valence-electron chi connectivity index (χ3n) is 3.38. The largest absolute Gasteiger partial charge is 0.477 e. The summed E-state index contributed by atoms with van der Waals surface area (Å²) in [6.45, 7) is 10.1. The number of rotatable bonds is 9. The topological polar surface area (TPSA) is 47.0 Å². The number of hydrogen-bond donors (Lipinski definition) is 1. The molecule has 0 amide bonds. The van der Waals surface area contributed by atoms with Gasteiger partial charge in [0.1, 0.15) is 12.1 Å². The number of unbranched alkanes of at least 4 members (excludes halogenated alkanes) is 1. The molecule has 4 nitrogen and oxygen atoms in total. The highest BCUT2D eigenvalue weighted by Gasteiger charge is 2.11. The van der Waals surface area contributed by atoms with Crippen molar-refractivity contribution in [3.63, 3.8) is 0 Å². The van der Waals surface area contributed by atoms with Crippen LogP contribution in [0.3, 0.4) is 0 Å². The maximum atomic E-state index is 5.88. The minimum absolute atomic E-state index is 0.622. The molecule has 0 spiro atoms. The Morgan fingerprint density at radius 1 is 1.26 bits per heavy atom. The summed E-state index contributed by atoms with van der Waals surface area (Å²) < 4.78 is 5.88. The summed E-state index contributed by atoms with van der Waals surface area (Å²) in [6, 6.07) is 0. The average Bonchev–Trinajstić information content (AvgIpc) is 2.43. The standard InChI is InChI=1S/C15H27N3O/c1-5-8-9-13(6-2)10-19-15-12(4)14(16-7-3)17-11-18-15/h11,13H,5-10H2,1-4H3,(H,16,17,18). The lowest BCUT2D eigenvalue weighted by atomic mass is 10.0. The highest BCUT2D eigenvalue weighted by Crippen LogP contribution is 2.22. The molecule has 1 heterocycles. The molecule has 1 atom stereocenters. The fourth-order valence-corrected chi connectivity index (χ4v) is 2.02. The van der Waals surface area contributed by atoms with Gasteiger partial charge >= 0.3 is 0 Å². The van der Waals surface area contributed by atoms with Gasteiger partial charge in [0.15, 0.2) is 0 Å². The predicted octanol–water partition coefficient (Wildman–Crippen LogP) is 3.81. The molecule has 0 aliphatic rings. The van der Waals surface area contributed by atoms with Crippen LogP contribution in [0, 0.1) is 12.8 Å². The lowest BCUT2D eigenvalue weighted by molar-refractivity contribution is 0.224. The Morgan fingerprint density at radius 3 is 2.68 bits per heavy atom. The van der Waals surface area contributed by atoms with Crippen LogP contribution in [0.15, 0.2) is 6.33 Å². The summed E-state index contributed by atoms with van der Waals surface area (Å²) >= 11 is 0. The molecule has 108 valence electrons. The molecule has 0 aliphatic heterocycles. The molecule has 0 bridgehead atoms. The van der Waals surface area contributed by atoms with Crippen LogP contribution < -0.4 is 10.1 Å². The van der Waals surface area contributed by atoms with E-state index in [-0.39, 0.29) is 0 Å². The fraction of sp³-hybridized carbons (Fsp3) is 0.733. The summed E-state index contributed by atoms with van der Waals surface area (Å²) in [5.74, 6) is 2.20. The van der Waals surface area contributed by atoms with E-state index < -0.39 is 0 Å². The monoisotopic (exact) mass is 265 g/mol. The summed E-state index contributed by atoms with van der Waals surface area (Å²) in [7, 11) is 0. The summed E-state index contributed by atoms with van der Waals surface area (Å²) in [6.07, 6.45) is 6.47. The van der Waals surface area contributed by atoms with Crippen molar-refractivity contribution in [2.75, 3.05) is 18.5 Å². The van der Waals surface area contributed by atoms with Crippen molar-refractivity contribution in [3.8, 4) is 5.88 Å². The van der Waals surface area contributed by atoms with Gasteiger partial charge in [-0.05, 0) is 26.2 Å². The van der Waals surface area contributed by atoms with Crippen molar-refractivity contribution in [3.05, 3.63) is 11.9 Å². The fourth-order valence-electron chi connectivity index (χ4n) is 2.02. The van der Waals surface area contributed by atoms with Crippen molar-refractivity contribution in [2.24, 2.45) is 5.92 Å². The van der Waals surface area contributed by atoms with Crippen molar-refractivity contribution in [1.82, 2.24) is 9.97 Å². The van der Waals surface area contributed by atoms with E-state index in [9.17, 15) is 0 Å². The molecule has 1 aromatic rings. The van der Waals surface area contributed by atoms with Gasteiger partial charge in [-0.25, -0.2) is 9.97 Å². The van der Waals surface area contributed by atoms with E-state index in [2.05, 4.69) is 36.1 Å². The van der Waals surface area contributed by atoms with Gasteiger partial charge in [-0.1, -0.05) is 33.1 Å². The predicted molar refractivity (Wildman–Crippen MR) is 79.7 cm³/mol. The molecule has 0 aliphatic carbocycles. The van der Waals surface area contributed by atoms with Gasteiger partial charge in [0, 0.05) is 6.54 Å². The minimum atomic E-state index is 0.622. The van der Waals surface area contributed by atoms with Crippen LogP contribution in [0.25, 0.3) is 0 Å². The number of aromatic nitrogens is 2. The third kappa shape index (κ3) is 5.05. The first-order valence-corrected chi connectivity index (χ1v) is 7.41. The number of anilines is 1. The lowest BCUT2D eigenvalue weighted by Crippen LogP contribution is -2.13. The average molecular weight is 265 g/mol. The second-order valence-corrected chi connectivity index (χ2v) is 4.91. The Kier molecular flexibility index (Phi) is 7.23. The highest BCUT2D eigenvalue weighted by molar-refractivity contribution is 5.47. The van der Waals surface area contributed by atoms with Crippen LogP contribution in [0.2, 0.25) is 0 Å². The molecule has 0 radical (unpaired) electrons. The number of nitrogens with zero attached hydrogens (tertiary/aromatic N) is 2. The highest BCUT2D eigenvalue weighted by atomic mass is 16.5. The molecule has 19 heavy (non-hydrogen) atoms. The molecular formula is C15H27N3O. The molecule has 0 saturated heterocycles. The van der Waals surface area contributed by atoms with Gasteiger partial charge in [-0.3, -0.25) is 0 Å². The van der Waals surface area contributed by atoms with Crippen LogP contribution >= 0.6 is 0 Å². The van der Waals surface area contributed by atoms with Crippen molar-refractivity contribution >= 4 is 5.82 Å². The summed E-state index contributed by atoms with van der Waals surface area (Å²) in [4.78, 5) is 8.46. The van der Waals surface area contributed by atoms with E-state index in [4.69, 9.17) is 4.74 Å². The first-order chi connectivity index (χ1) is 9.22. The van der Waals surface area contributed by atoms with Crippen LogP contribution in [0.4, 0.5) is 5.82 Å². The molecule has 0 aromatic carbocycles. The zero-order valence-corrected chi connectivity index (χ0v) is 12.7. The summed E-state index contributed by atoms with van der Waals surface area (Å²) in [5.41, 5.74) is 0.995. The van der Waals surface area contributed by atoms with Gasteiger partial charge in [0.2, 0.25) is 5.88 Å². The zero-order valence-electron chi connectivity index (χ0n) is 12.7. The first kappa shape index (κ1) is 15.7. The number of hydrogen-bond acceptors (Lipinski definition) is 4. The Bertz CT molecular complexity index is 368. The summed E-state index contributed by atoms with van der Waals surface area (Å²) in [5, 5.41) is 3.22. The Balaban J connectivity index is 2.58. The molecule has 1 aromatic heterocycles. The smallest absolute Gasteiger partial charge is 0.221 e. The Labute approximate surface area is 117 Å². The normalized spacial score (nSPS) is 12.2. The van der Waals surface area contributed by atoms with E-state index in [1.54, 1.807) is 6.33 Å². The van der Waals surface area contributed by atoms with Crippen LogP contribution in [0.1, 0.15) is 52.0 Å². The first-order valence-electron chi connectivity index (χ1n) is 7.41. The molecule has 4 heteroatoms. The SMILES string of the molecule is CCCCC(CC)COc1ncnc(NCC)c1C. The lowest BCUT2D eigenvalue weighted by Gasteiger charge is -2.16. The molecule has 0 saturated carbocycles. The molecule has 1 rings (SSSR count). The van der Waals surface area contributed by atoms with Gasteiger partial charge < -0.3 is 10.1 Å². The molecule has 1 N–H and O–H groups in total. The maximum Gasteiger partial charge on any atom is 0.221 e. The second-order valence-electron chi connectivity index (χ2n) is 4.91. The van der Waals surface area contributed by atoms with Crippen LogP contribution in [-0.4, -0.2) is 23.1 Å². The Morgan fingerprint density at radius 2 is 2.05 bits per heavy atom. The van der Waals surface area contributed by atoms with E-state index >= 15 is 0 Å². The van der Waals surface area contributed by atoms with E-state index in [1.807, 2.05) is 6.92 Å². The van der Waals surface area contributed by atoms with Gasteiger partial charge in [0.05, 0.1) is 12.2 Å². The second kappa shape index (κ2) is 8.73. The van der Waals surface area contributed by atoms with Gasteiger partial charge in [-0.15, -0.1) is 0 Å². The number of ether oxygens (including phenoxy) is 1. The zero-order chi connectivity index (χ0) is 14.1. The number of nitrogens with one attached hydrogen (secondary N) is 1. The quantitative estimate of drug-likeness (QED) is 0.737. The van der Waals surface area contributed by atoms with E-state index in [0.29, 0.717) is 11.8 Å². The third-order valence-corrected chi connectivity index (χ3v) is 3.38. The van der Waals surface area contributed by atoms with Gasteiger partial charge in [0.25, 0.3) is 0 Å². The molecule has 1 unspecified atom stereocenters. The van der Waals surface area contributed by atoms with Crippen molar-refractivity contribution in [1.29, 1.82) is 0 Å². The van der Waals surface area contributed by atoms with Crippen LogP contribution in [0.5, 0.6) is 5.88 Å². The molecular weight excluding hydrogens is 238 g/mol. The van der Waals surface area contributed by atoms with Crippen molar-refractivity contribution < 1.29 is 4.74 Å². The van der Waals surface area contributed by atoms with E-state index in [1.165, 1.54) is 19.3 Å². The maximum absolute atomic E-state index is 5.88. The van der Waals surface area contributed by atoms with Crippen molar-refractivity contribution in [2.45, 2.75) is 53.4 Å². The Hall–Kier alpha value is -1.32. The molecule has 0 fully saturated rings. The van der Waals surface area contributed by atoms with E-state index in [0.717, 1.165) is 31.0 Å². The minimum Gasteiger partial charge on any atom is -0.477 e.